The van der Waals surface area contributed by atoms with Crippen molar-refractivity contribution in [2.24, 2.45) is 0 Å². The van der Waals surface area contributed by atoms with Crippen LogP contribution in [0.1, 0.15) is 142 Å². The molecule has 2 aliphatic heterocycles. The molecular weight excluding hydrogens is 488 g/mol. The van der Waals surface area contributed by atoms with Gasteiger partial charge in [-0.05, 0) is 50.0 Å². The van der Waals surface area contributed by atoms with Crippen LogP contribution in [0.4, 0.5) is 0 Å². The van der Waals surface area contributed by atoms with Gasteiger partial charge in [-0.3, -0.25) is 0 Å². The van der Waals surface area contributed by atoms with Crippen LogP contribution in [-0.2, 0) is 0 Å². The maximum Gasteiger partial charge on any atom is 0.0376 e. The minimum Gasteiger partial charge on any atom is -0.385 e. The van der Waals surface area contributed by atoms with Gasteiger partial charge in [0.1, 0.15) is 0 Å². The molecule has 4 heteroatoms. The van der Waals surface area contributed by atoms with E-state index in [2.05, 4.69) is 71.0 Å². The molecule has 0 fully saturated rings. The van der Waals surface area contributed by atoms with Gasteiger partial charge in [0.15, 0.2) is 0 Å². The van der Waals surface area contributed by atoms with Crippen molar-refractivity contribution in [2.75, 3.05) is 39.3 Å². The molecule has 0 spiro atoms. The highest BCUT2D eigenvalue weighted by Crippen LogP contribution is 2.12. The van der Waals surface area contributed by atoms with Crippen LogP contribution in [0.15, 0.2) is 48.1 Å². The summed E-state index contributed by atoms with van der Waals surface area (Å²) in [5.74, 6) is 0. The molecule has 0 aliphatic carbocycles. The number of nitrogens with zero attached hydrogens (tertiary/aromatic N) is 2. The first-order chi connectivity index (χ1) is 19.8. The Labute approximate surface area is 249 Å². The Balaban J connectivity index is 1.34. The average molecular weight is 555 g/mol. The summed E-state index contributed by atoms with van der Waals surface area (Å²) in [4.78, 5) is 4.93. The lowest BCUT2D eigenvalue weighted by Crippen LogP contribution is -2.25. The molecule has 4 nitrogen and oxygen atoms in total. The summed E-state index contributed by atoms with van der Waals surface area (Å²) in [5, 5.41) is 7.24. The first-order valence-electron chi connectivity index (χ1n) is 17.5. The van der Waals surface area contributed by atoms with Crippen LogP contribution in [-0.4, -0.2) is 49.1 Å². The van der Waals surface area contributed by atoms with Crippen molar-refractivity contribution in [3.05, 3.63) is 48.1 Å². The minimum atomic E-state index is 1.06. The quantitative estimate of drug-likeness (QED) is 0.0990. The third kappa shape index (κ3) is 18.5. The Kier molecular flexibility index (Phi) is 21.4. The number of rotatable bonds is 27. The lowest BCUT2D eigenvalue weighted by Gasteiger charge is -2.23. The van der Waals surface area contributed by atoms with Crippen molar-refractivity contribution in [1.29, 1.82) is 0 Å². The molecule has 0 atom stereocenters. The SMILES string of the molecule is CCCCCCCCCNC1=CCN(CCCCCCCCN2C=CC(NCCCCCCCCC)=CC2)C=C1. The first kappa shape index (κ1) is 34.4. The molecule has 0 amide bonds. The van der Waals surface area contributed by atoms with Crippen molar-refractivity contribution >= 4 is 0 Å². The van der Waals surface area contributed by atoms with Crippen molar-refractivity contribution in [3.8, 4) is 0 Å². The van der Waals surface area contributed by atoms with Crippen LogP contribution in [0, 0.1) is 0 Å². The Hall–Kier alpha value is -1.84. The van der Waals surface area contributed by atoms with Crippen LogP contribution in [0.3, 0.4) is 0 Å². The topological polar surface area (TPSA) is 30.5 Å². The maximum absolute atomic E-state index is 3.62. The zero-order valence-corrected chi connectivity index (χ0v) is 26.7. The number of hydrogen-bond acceptors (Lipinski definition) is 4. The number of allylic oxidation sites excluding steroid dienone is 2. The van der Waals surface area contributed by atoms with Gasteiger partial charge in [0.05, 0.1) is 0 Å². The second kappa shape index (κ2) is 24.9. The predicted octanol–water partition coefficient (Wildman–Crippen LogP) is 9.43. The molecule has 0 aromatic carbocycles. The second-order valence-electron chi connectivity index (χ2n) is 12.2. The van der Waals surface area contributed by atoms with E-state index in [1.165, 1.54) is 153 Å². The second-order valence-corrected chi connectivity index (χ2v) is 12.2. The van der Waals surface area contributed by atoms with Crippen LogP contribution in [0.25, 0.3) is 0 Å². The molecule has 0 aromatic rings. The van der Waals surface area contributed by atoms with Crippen molar-refractivity contribution in [3.63, 3.8) is 0 Å². The molecule has 230 valence electrons. The van der Waals surface area contributed by atoms with E-state index in [0.717, 1.165) is 26.2 Å². The Morgan fingerprint density at radius 1 is 0.475 bits per heavy atom. The smallest absolute Gasteiger partial charge is 0.0376 e. The molecule has 0 saturated carbocycles. The van der Waals surface area contributed by atoms with Gasteiger partial charge in [0, 0.05) is 63.1 Å². The zero-order chi connectivity index (χ0) is 28.4. The largest absolute Gasteiger partial charge is 0.385 e. The lowest BCUT2D eigenvalue weighted by atomic mass is 10.1. The van der Waals surface area contributed by atoms with Gasteiger partial charge in [-0.25, -0.2) is 0 Å². The molecule has 0 unspecified atom stereocenters. The van der Waals surface area contributed by atoms with Gasteiger partial charge < -0.3 is 20.4 Å². The molecular formula is C36H66N4. The normalized spacial score (nSPS) is 14.9. The van der Waals surface area contributed by atoms with E-state index in [9.17, 15) is 0 Å². The summed E-state index contributed by atoms with van der Waals surface area (Å²) in [6, 6.07) is 0. The summed E-state index contributed by atoms with van der Waals surface area (Å²) in [5.41, 5.74) is 2.63. The van der Waals surface area contributed by atoms with E-state index in [-0.39, 0.29) is 0 Å². The van der Waals surface area contributed by atoms with E-state index < -0.39 is 0 Å². The van der Waals surface area contributed by atoms with E-state index in [4.69, 9.17) is 0 Å². The molecule has 2 heterocycles. The van der Waals surface area contributed by atoms with Gasteiger partial charge >= 0.3 is 0 Å². The Bertz CT molecular complexity index is 648. The van der Waals surface area contributed by atoms with Gasteiger partial charge in [0.25, 0.3) is 0 Å². The number of unbranched alkanes of at least 4 members (excludes halogenated alkanes) is 17. The molecule has 40 heavy (non-hydrogen) atoms. The van der Waals surface area contributed by atoms with E-state index in [1.807, 2.05) is 0 Å². The van der Waals surface area contributed by atoms with Gasteiger partial charge in [-0.1, -0.05) is 117 Å². The van der Waals surface area contributed by atoms with Crippen LogP contribution in [0.5, 0.6) is 0 Å². The first-order valence-corrected chi connectivity index (χ1v) is 17.5. The number of nitrogens with one attached hydrogen (secondary N) is 2. The zero-order valence-electron chi connectivity index (χ0n) is 26.7. The highest BCUT2D eigenvalue weighted by molar-refractivity contribution is 5.21. The molecule has 0 saturated heterocycles. The number of hydrogen-bond donors (Lipinski definition) is 2. The third-order valence-corrected chi connectivity index (χ3v) is 8.38. The molecule has 0 bridgehead atoms. The highest BCUT2D eigenvalue weighted by atomic mass is 15.1. The summed E-state index contributed by atoms with van der Waals surface area (Å²) >= 11 is 0. The van der Waals surface area contributed by atoms with E-state index >= 15 is 0 Å². The maximum atomic E-state index is 3.62. The standard InChI is InChI=1S/C36H66N4/c1-3-5-7-9-11-15-19-27-37-35-23-31-39(32-24-35)29-21-17-13-14-18-22-30-40-33-25-36(26-34-40)38-28-20-16-12-10-8-6-4-2/h23-26,31,33,37-38H,3-22,27-30,32,34H2,1-2H3. The summed E-state index contributed by atoms with van der Waals surface area (Å²) in [7, 11) is 0. The summed E-state index contributed by atoms with van der Waals surface area (Å²) in [6.07, 6.45) is 41.2. The fraction of sp³-hybridized carbons (Fsp3) is 0.778. The molecule has 2 aliphatic rings. The van der Waals surface area contributed by atoms with Gasteiger partial charge in [-0.15, -0.1) is 0 Å². The molecule has 0 radical (unpaired) electrons. The molecule has 2 N–H and O–H groups in total. The minimum absolute atomic E-state index is 1.06. The Morgan fingerprint density at radius 2 is 0.825 bits per heavy atom. The van der Waals surface area contributed by atoms with Gasteiger partial charge in [-0.2, -0.15) is 0 Å². The van der Waals surface area contributed by atoms with E-state index in [0.29, 0.717) is 0 Å². The van der Waals surface area contributed by atoms with Crippen molar-refractivity contribution in [1.82, 2.24) is 20.4 Å². The molecule has 2 rings (SSSR count). The fourth-order valence-corrected chi connectivity index (χ4v) is 5.62. The average Bonchev–Trinajstić information content (AvgIpc) is 2.98. The lowest BCUT2D eigenvalue weighted by molar-refractivity contribution is 0.379. The predicted molar refractivity (Wildman–Crippen MR) is 177 cm³/mol. The Morgan fingerprint density at radius 3 is 1.18 bits per heavy atom. The highest BCUT2D eigenvalue weighted by Gasteiger charge is 2.06. The van der Waals surface area contributed by atoms with Crippen molar-refractivity contribution < 1.29 is 0 Å². The third-order valence-electron chi connectivity index (χ3n) is 8.38. The summed E-state index contributed by atoms with van der Waals surface area (Å²) < 4.78 is 0. The van der Waals surface area contributed by atoms with Crippen molar-refractivity contribution in [2.45, 2.75) is 142 Å². The van der Waals surface area contributed by atoms with Crippen LogP contribution in [0.2, 0.25) is 0 Å². The monoisotopic (exact) mass is 555 g/mol. The van der Waals surface area contributed by atoms with Crippen LogP contribution >= 0.6 is 0 Å². The summed E-state index contributed by atoms with van der Waals surface area (Å²) in [6.45, 7) is 11.3. The van der Waals surface area contributed by atoms with E-state index in [1.54, 1.807) is 0 Å². The van der Waals surface area contributed by atoms with Gasteiger partial charge in [0.2, 0.25) is 0 Å². The fourth-order valence-electron chi connectivity index (χ4n) is 5.62. The molecule has 0 aromatic heterocycles. The van der Waals surface area contributed by atoms with Crippen LogP contribution < -0.4 is 10.6 Å².